The molecule has 0 amide bonds. The van der Waals surface area contributed by atoms with Gasteiger partial charge in [-0.25, -0.2) is 13.4 Å². The number of anilines is 1. The fourth-order valence-electron chi connectivity index (χ4n) is 1.76. The molecular weight excluding hydrogens is 294 g/mol. The third-order valence-corrected chi connectivity index (χ3v) is 4.16. The Balaban J connectivity index is 2.41. The molecule has 2 rings (SSSR count). The first kappa shape index (κ1) is 14.9. The Morgan fingerprint density at radius 1 is 1.19 bits per heavy atom. The Hall–Kier alpha value is -2.48. The van der Waals surface area contributed by atoms with Crippen molar-refractivity contribution in [2.45, 2.75) is 18.2 Å². The molecule has 0 aliphatic carbocycles. The quantitative estimate of drug-likeness (QED) is 0.674. The molecule has 8 heteroatoms. The van der Waals surface area contributed by atoms with Gasteiger partial charge in [-0.3, -0.25) is 14.8 Å². The molecule has 0 aliphatic rings. The van der Waals surface area contributed by atoms with Crippen molar-refractivity contribution in [2.75, 3.05) is 4.72 Å². The van der Waals surface area contributed by atoms with E-state index >= 15 is 0 Å². The Morgan fingerprint density at radius 2 is 1.90 bits per heavy atom. The number of nitro groups is 1. The van der Waals surface area contributed by atoms with Gasteiger partial charge in [-0.15, -0.1) is 0 Å². The highest BCUT2D eigenvalue weighted by molar-refractivity contribution is 7.92. The van der Waals surface area contributed by atoms with Gasteiger partial charge in [0.15, 0.2) is 4.90 Å². The van der Waals surface area contributed by atoms with Gasteiger partial charge in [-0.2, -0.15) is 0 Å². The Morgan fingerprint density at radius 3 is 2.57 bits per heavy atom. The molecule has 1 aromatic heterocycles. The van der Waals surface area contributed by atoms with Crippen LogP contribution in [0.5, 0.6) is 0 Å². The van der Waals surface area contributed by atoms with Gasteiger partial charge in [0.1, 0.15) is 5.82 Å². The van der Waals surface area contributed by atoms with E-state index in [0.29, 0.717) is 6.42 Å². The lowest BCUT2D eigenvalue weighted by Crippen LogP contribution is -2.15. The first-order chi connectivity index (χ1) is 9.94. The van der Waals surface area contributed by atoms with Gasteiger partial charge in [0.2, 0.25) is 0 Å². The van der Waals surface area contributed by atoms with Gasteiger partial charge in [0, 0.05) is 11.8 Å². The molecule has 0 aliphatic heterocycles. The van der Waals surface area contributed by atoms with Gasteiger partial charge in [-0.1, -0.05) is 25.1 Å². The molecule has 0 unspecified atom stereocenters. The van der Waals surface area contributed by atoms with Crippen LogP contribution in [0.2, 0.25) is 0 Å². The number of aryl methyl sites for hydroxylation is 1. The lowest BCUT2D eigenvalue weighted by molar-refractivity contribution is -0.387. The maximum atomic E-state index is 12.3. The van der Waals surface area contributed by atoms with Crippen molar-refractivity contribution in [1.29, 1.82) is 0 Å². The van der Waals surface area contributed by atoms with E-state index in [4.69, 9.17) is 0 Å². The maximum absolute atomic E-state index is 12.3. The van der Waals surface area contributed by atoms with Crippen LogP contribution in [0, 0.1) is 10.1 Å². The number of pyridine rings is 1. The standard InChI is InChI=1S/C13H13N3O4S/c1-2-10-6-5-9-13(14-10)15-21(19,20)12-8-4-3-7-11(12)16(17)18/h3-9H,2H2,1H3,(H,14,15). The van der Waals surface area contributed by atoms with Crippen LogP contribution < -0.4 is 4.72 Å². The summed E-state index contributed by atoms with van der Waals surface area (Å²) in [6, 6.07) is 10.1. The minimum Gasteiger partial charge on any atom is -0.263 e. The van der Waals surface area contributed by atoms with E-state index in [9.17, 15) is 18.5 Å². The topological polar surface area (TPSA) is 102 Å². The molecule has 21 heavy (non-hydrogen) atoms. The highest BCUT2D eigenvalue weighted by Crippen LogP contribution is 2.24. The summed E-state index contributed by atoms with van der Waals surface area (Å²) in [6.07, 6.45) is 0.654. The number of nitro benzene ring substituents is 1. The van der Waals surface area contributed by atoms with Crippen LogP contribution >= 0.6 is 0 Å². The van der Waals surface area contributed by atoms with Gasteiger partial charge in [-0.05, 0) is 24.6 Å². The second kappa shape index (κ2) is 5.88. The van der Waals surface area contributed by atoms with Crippen LogP contribution in [-0.2, 0) is 16.4 Å². The fraction of sp³-hybridized carbons (Fsp3) is 0.154. The van der Waals surface area contributed by atoms with Gasteiger partial charge >= 0.3 is 0 Å². The van der Waals surface area contributed by atoms with Crippen molar-refractivity contribution in [3.05, 3.63) is 58.3 Å². The summed E-state index contributed by atoms with van der Waals surface area (Å²) in [5, 5.41) is 10.9. The maximum Gasteiger partial charge on any atom is 0.289 e. The van der Waals surface area contributed by atoms with Crippen LogP contribution in [0.25, 0.3) is 0 Å². The number of nitrogens with zero attached hydrogens (tertiary/aromatic N) is 2. The third kappa shape index (κ3) is 3.34. The summed E-state index contributed by atoms with van der Waals surface area (Å²) in [6.45, 7) is 1.89. The molecule has 7 nitrogen and oxygen atoms in total. The van der Waals surface area contributed by atoms with Crippen LogP contribution in [-0.4, -0.2) is 18.3 Å². The molecule has 1 N–H and O–H groups in total. The number of sulfonamides is 1. The van der Waals surface area contributed by atoms with E-state index in [1.54, 1.807) is 12.1 Å². The molecule has 1 aromatic carbocycles. The minimum atomic E-state index is -4.07. The molecule has 0 saturated heterocycles. The summed E-state index contributed by atoms with van der Waals surface area (Å²) in [7, 11) is -4.07. The van der Waals surface area contributed by atoms with Gasteiger partial charge < -0.3 is 0 Å². The number of benzene rings is 1. The summed E-state index contributed by atoms with van der Waals surface area (Å²) in [5.74, 6) is 0.132. The molecule has 0 radical (unpaired) electrons. The van der Waals surface area contributed by atoms with E-state index in [2.05, 4.69) is 9.71 Å². The molecule has 1 heterocycles. The largest absolute Gasteiger partial charge is 0.289 e. The van der Waals surface area contributed by atoms with Crippen molar-refractivity contribution in [3.8, 4) is 0 Å². The van der Waals surface area contributed by atoms with E-state index in [0.717, 1.165) is 11.8 Å². The van der Waals surface area contributed by atoms with E-state index in [1.807, 2.05) is 6.92 Å². The van der Waals surface area contributed by atoms with E-state index in [1.165, 1.54) is 24.3 Å². The number of rotatable bonds is 5. The monoisotopic (exact) mass is 307 g/mol. The number of aromatic nitrogens is 1. The van der Waals surface area contributed by atoms with E-state index < -0.39 is 25.5 Å². The number of hydrogen-bond acceptors (Lipinski definition) is 5. The van der Waals surface area contributed by atoms with Crippen molar-refractivity contribution < 1.29 is 13.3 Å². The third-order valence-electron chi connectivity index (χ3n) is 2.76. The number of para-hydroxylation sites is 1. The molecule has 0 saturated carbocycles. The predicted molar refractivity (Wildman–Crippen MR) is 77.5 cm³/mol. The smallest absolute Gasteiger partial charge is 0.263 e. The average Bonchev–Trinajstić information content (AvgIpc) is 2.47. The van der Waals surface area contributed by atoms with Crippen LogP contribution in [0.3, 0.4) is 0 Å². The first-order valence-electron chi connectivity index (χ1n) is 6.16. The zero-order valence-electron chi connectivity index (χ0n) is 11.2. The SMILES string of the molecule is CCc1cccc(NS(=O)(=O)c2ccccc2[N+](=O)[O-])n1. The van der Waals surface area contributed by atoms with Crippen molar-refractivity contribution in [1.82, 2.24) is 4.98 Å². The van der Waals surface area contributed by atoms with Gasteiger partial charge in [0.05, 0.1) is 4.92 Å². The minimum absolute atomic E-state index is 0.132. The molecule has 0 fully saturated rings. The van der Waals surface area contributed by atoms with Crippen molar-refractivity contribution >= 4 is 21.5 Å². The summed E-state index contributed by atoms with van der Waals surface area (Å²) in [4.78, 5) is 13.9. The highest BCUT2D eigenvalue weighted by Gasteiger charge is 2.25. The molecule has 0 spiro atoms. The molecule has 0 bridgehead atoms. The average molecular weight is 307 g/mol. The summed E-state index contributed by atoms with van der Waals surface area (Å²) in [5.41, 5.74) is 0.245. The van der Waals surface area contributed by atoms with Crippen LogP contribution in [0.15, 0.2) is 47.4 Å². The Bertz CT molecular complexity index is 774. The second-order valence-electron chi connectivity index (χ2n) is 4.20. The van der Waals surface area contributed by atoms with Crippen LogP contribution in [0.1, 0.15) is 12.6 Å². The van der Waals surface area contributed by atoms with Gasteiger partial charge in [0.25, 0.3) is 15.7 Å². The lowest BCUT2D eigenvalue weighted by Gasteiger charge is -2.08. The predicted octanol–water partition coefficient (Wildman–Crippen LogP) is 2.35. The second-order valence-corrected chi connectivity index (χ2v) is 5.85. The number of hydrogen-bond donors (Lipinski definition) is 1. The summed E-state index contributed by atoms with van der Waals surface area (Å²) >= 11 is 0. The normalized spacial score (nSPS) is 11.1. The number of nitrogens with one attached hydrogen (secondary N) is 1. The van der Waals surface area contributed by atoms with Crippen molar-refractivity contribution in [2.24, 2.45) is 0 Å². The molecule has 2 aromatic rings. The first-order valence-corrected chi connectivity index (χ1v) is 7.64. The Labute approximate surface area is 121 Å². The van der Waals surface area contributed by atoms with E-state index in [-0.39, 0.29) is 5.82 Å². The summed E-state index contributed by atoms with van der Waals surface area (Å²) < 4.78 is 26.8. The lowest BCUT2D eigenvalue weighted by atomic mass is 10.3. The molecule has 110 valence electrons. The molecular formula is C13H13N3O4S. The fourth-order valence-corrected chi connectivity index (χ4v) is 2.94. The highest BCUT2D eigenvalue weighted by atomic mass is 32.2. The zero-order valence-corrected chi connectivity index (χ0v) is 12.0. The zero-order chi connectivity index (χ0) is 15.5. The molecule has 0 atom stereocenters. The van der Waals surface area contributed by atoms with Crippen molar-refractivity contribution in [3.63, 3.8) is 0 Å². The Kier molecular flexibility index (Phi) is 4.18. The van der Waals surface area contributed by atoms with Crippen LogP contribution in [0.4, 0.5) is 11.5 Å².